The molecule has 2 heterocycles. The summed E-state index contributed by atoms with van der Waals surface area (Å²) < 4.78 is 0. The van der Waals surface area contributed by atoms with Crippen molar-refractivity contribution >= 4 is 17.2 Å². The number of carbonyl (C=O) groups excluding carboxylic acids is 1. The second-order valence-electron chi connectivity index (χ2n) is 4.00. The molecule has 1 amide bonds. The highest BCUT2D eigenvalue weighted by Crippen LogP contribution is 2.13. The Hall–Kier alpha value is -0.870. The van der Waals surface area contributed by atoms with Crippen LogP contribution in [0.5, 0.6) is 0 Å². The molecule has 1 unspecified atom stereocenters. The molecule has 82 valence electrons. The van der Waals surface area contributed by atoms with Gasteiger partial charge in [-0.15, -0.1) is 11.3 Å². The van der Waals surface area contributed by atoms with Crippen LogP contribution in [-0.4, -0.2) is 29.9 Å². The second-order valence-corrected chi connectivity index (χ2v) is 5.03. The third kappa shape index (κ3) is 2.79. The summed E-state index contributed by atoms with van der Waals surface area (Å²) in [5.74, 6) is 0.215. The van der Waals surface area contributed by atoms with E-state index in [1.807, 2.05) is 22.4 Å². The van der Waals surface area contributed by atoms with E-state index in [4.69, 9.17) is 5.73 Å². The molecule has 3 nitrogen and oxygen atoms in total. The molecule has 2 N–H and O–H groups in total. The number of hydrogen-bond acceptors (Lipinski definition) is 3. The summed E-state index contributed by atoms with van der Waals surface area (Å²) in [5.41, 5.74) is 5.85. The van der Waals surface area contributed by atoms with Crippen LogP contribution in [0, 0.1) is 0 Å². The first-order valence-electron chi connectivity index (χ1n) is 5.31. The Kier molecular flexibility index (Phi) is 3.38. The summed E-state index contributed by atoms with van der Waals surface area (Å²) in [6.45, 7) is 1.60. The minimum atomic E-state index is 0.172. The van der Waals surface area contributed by atoms with Gasteiger partial charge in [-0.25, -0.2) is 0 Å². The quantitative estimate of drug-likeness (QED) is 0.821. The molecule has 1 atom stereocenters. The third-order valence-electron chi connectivity index (χ3n) is 2.72. The summed E-state index contributed by atoms with van der Waals surface area (Å²) in [6, 6.07) is 4.16. The zero-order valence-electron chi connectivity index (χ0n) is 8.69. The lowest BCUT2D eigenvalue weighted by atomic mass is 10.1. The Balaban J connectivity index is 1.90. The molecule has 4 heteroatoms. The predicted molar refractivity (Wildman–Crippen MR) is 61.8 cm³/mol. The van der Waals surface area contributed by atoms with Crippen LogP contribution >= 0.6 is 11.3 Å². The van der Waals surface area contributed by atoms with Gasteiger partial charge in [-0.05, 0) is 24.3 Å². The maximum atomic E-state index is 11.9. The van der Waals surface area contributed by atoms with Gasteiger partial charge in [0.2, 0.25) is 5.91 Å². The average molecular weight is 224 g/mol. The highest BCUT2D eigenvalue weighted by atomic mass is 32.1. The minimum Gasteiger partial charge on any atom is -0.341 e. The number of piperidine rings is 1. The maximum absolute atomic E-state index is 11.9. The smallest absolute Gasteiger partial charge is 0.227 e. The Bertz CT molecular complexity index is 323. The van der Waals surface area contributed by atoms with E-state index in [-0.39, 0.29) is 11.9 Å². The molecule has 1 aromatic heterocycles. The van der Waals surface area contributed by atoms with Crippen LogP contribution in [0.15, 0.2) is 17.5 Å². The number of amides is 1. The maximum Gasteiger partial charge on any atom is 0.227 e. The van der Waals surface area contributed by atoms with Gasteiger partial charge in [0.1, 0.15) is 0 Å². The Morgan fingerprint density at radius 3 is 3.20 bits per heavy atom. The van der Waals surface area contributed by atoms with E-state index in [9.17, 15) is 4.79 Å². The highest BCUT2D eigenvalue weighted by Gasteiger charge is 2.21. The molecule has 2 rings (SSSR count). The van der Waals surface area contributed by atoms with Gasteiger partial charge in [0.05, 0.1) is 6.42 Å². The number of nitrogens with zero attached hydrogens (tertiary/aromatic N) is 1. The van der Waals surface area contributed by atoms with Crippen molar-refractivity contribution in [3.63, 3.8) is 0 Å². The molecule has 1 aliphatic heterocycles. The first-order valence-corrected chi connectivity index (χ1v) is 6.19. The summed E-state index contributed by atoms with van der Waals surface area (Å²) in [6.07, 6.45) is 2.62. The average Bonchev–Trinajstić information content (AvgIpc) is 2.70. The molecule has 0 aliphatic carbocycles. The number of likely N-dealkylation sites (tertiary alicyclic amines) is 1. The molecule has 1 fully saturated rings. The number of hydrogen-bond donors (Lipinski definition) is 1. The lowest BCUT2D eigenvalue weighted by Crippen LogP contribution is -2.46. The van der Waals surface area contributed by atoms with Gasteiger partial charge in [-0.1, -0.05) is 6.07 Å². The van der Waals surface area contributed by atoms with Crippen molar-refractivity contribution in [3.05, 3.63) is 22.4 Å². The van der Waals surface area contributed by atoms with E-state index >= 15 is 0 Å². The Labute approximate surface area is 93.9 Å². The summed E-state index contributed by atoms with van der Waals surface area (Å²) >= 11 is 1.64. The van der Waals surface area contributed by atoms with Gasteiger partial charge < -0.3 is 10.6 Å². The molecule has 1 aliphatic rings. The van der Waals surface area contributed by atoms with E-state index in [0.717, 1.165) is 30.8 Å². The van der Waals surface area contributed by atoms with E-state index in [2.05, 4.69) is 0 Å². The number of thiophene rings is 1. The van der Waals surface area contributed by atoms with Crippen LogP contribution in [0.1, 0.15) is 17.7 Å². The standard InChI is InChI=1S/C11H16N2OS/c12-9-3-1-5-13(8-9)11(14)7-10-4-2-6-15-10/h2,4,6,9H,1,3,5,7-8,12H2. The number of nitrogens with two attached hydrogens (primary N) is 1. The summed E-state index contributed by atoms with van der Waals surface area (Å²) in [4.78, 5) is 14.9. The molecule has 0 aromatic carbocycles. The SMILES string of the molecule is NC1CCCN(C(=O)Cc2cccs2)C1. The molecule has 15 heavy (non-hydrogen) atoms. The van der Waals surface area contributed by atoms with Crippen molar-refractivity contribution in [2.45, 2.75) is 25.3 Å². The molecule has 1 aromatic rings. The van der Waals surface area contributed by atoms with Crippen molar-refractivity contribution < 1.29 is 4.79 Å². The van der Waals surface area contributed by atoms with Crippen molar-refractivity contribution in [2.24, 2.45) is 5.73 Å². The van der Waals surface area contributed by atoms with Gasteiger partial charge in [-0.2, -0.15) is 0 Å². The van der Waals surface area contributed by atoms with Gasteiger partial charge >= 0.3 is 0 Å². The number of carbonyl (C=O) groups is 1. The lowest BCUT2D eigenvalue weighted by Gasteiger charge is -2.30. The molecule has 0 bridgehead atoms. The normalized spacial score (nSPS) is 21.7. The fourth-order valence-electron chi connectivity index (χ4n) is 1.91. The first kappa shape index (κ1) is 10.6. The van der Waals surface area contributed by atoms with Crippen LogP contribution < -0.4 is 5.73 Å². The van der Waals surface area contributed by atoms with Gasteiger partial charge in [0.15, 0.2) is 0 Å². The van der Waals surface area contributed by atoms with Crippen LogP contribution in [0.2, 0.25) is 0 Å². The molecular formula is C11H16N2OS. The zero-order chi connectivity index (χ0) is 10.7. The van der Waals surface area contributed by atoms with E-state index in [1.54, 1.807) is 11.3 Å². The third-order valence-corrected chi connectivity index (χ3v) is 3.59. The fraction of sp³-hybridized carbons (Fsp3) is 0.545. The van der Waals surface area contributed by atoms with Crippen LogP contribution in [-0.2, 0) is 11.2 Å². The van der Waals surface area contributed by atoms with Crippen LogP contribution in [0.4, 0.5) is 0 Å². The van der Waals surface area contributed by atoms with Crippen molar-refractivity contribution in [1.82, 2.24) is 4.90 Å². The molecule has 0 radical (unpaired) electrons. The van der Waals surface area contributed by atoms with Crippen molar-refractivity contribution in [1.29, 1.82) is 0 Å². The van der Waals surface area contributed by atoms with E-state index < -0.39 is 0 Å². The largest absolute Gasteiger partial charge is 0.341 e. The predicted octanol–water partition coefficient (Wildman–Crippen LogP) is 1.24. The molecule has 1 saturated heterocycles. The van der Waals surface area contributed by atoms with Crippen LogP contribution in [0.3, 0.4) is 0 Å². The van der Waals surface area contributed by atoms with E-state index in [0.29, 0.717) is 6.42 Å². The van der Waals surface area contributed by atoms with Gasteiger partial charge in [-0.3, -0.25) is 4.79 Å². The minimum absolute atomic E-state index is 0.172. The zero-order valence-corrected chi connectivity index (χ0v) is 9.50. The topological polar surface area (TPSA) is 46.3 Å². The fourth-order valence-corrected chi connectivity index (χ4v) is 2.61. The Morgan fingerprint density at radius 2 is 2.53 bits per heavy atom. The van der Waals surface area contributed by atoms with Gasteiger partial charge in [0, 0.05) is 24.0 Å². The van der Waals surface area contributed by atoms with Crippen LogP contribution in [0.25, 0.3) is 0 Å². The first-order chi connectivity index (χ1) is 7.25. The molecule has 0 spiro atoms. The van der Waals surface area contributed by atoms with E-state index in [1.165, 1.54) is 0 Å². The molecule has 0 saturated carbocycles. The molecular weight excluding hydrogens is 208 g/mol. The van der Waals surface area contributed by atoms with Crippen molar-refractivity contribution in [3.8, 4) is 0 Å². The Morgan fingerprint density at radius 1 is 1.67 bits per heavy atom. The summed E-state index contributed by atoms with van der Waals surface area (Å²) in [5, 5.41) is 2.00. The number of rotatable bonds is 2. The monoisotopic (exact) mass is 224 g/mol. The highest BCUT2D eigenvalue weighted by molar-refractivity contribution is 7.10. The van der Waals surface area contributed by atoms with Gasteiger partial charge in [0.25, 0.3) is 0 Å². The van der Waals surface area contributed by atoms with Crippen molar-refractivity contribution in [2.75, 3.05) is 13.1 Å². The summed E-state index contributed by atoms with van der Waals surface area (Å²) in [7, 11) is 0. The lowest BCUT2D eigenvalue weighted by molar-refractivity contribution is -0.131. The second kappa shape index (κ2) is 4.77.